The highest BCUT2D eigenvalue weighted by atomic mass is 33.1. The van der Waals surface area contributed by atoms with E-state index in [4.69, 9.17) is 0 Å². The van der Waals surface area contributed by atoms with Crippen LogP contribution in [-0.4, -0.2) is 16.4 Å². The van der Waals surface area contributed by atoms with Crippen molar-refractivity contribution in [2.24, 2.45) is 0 Å². The van der Waals surface area contributed by atoms with Crippen LogP contribution in [0.25, 0.3) is 0 Å². The molecule has 0 fully saturated rings. The predicted octanol–water partition coefficient (Wildman–Crippen LogP) is 3.49. The van der Waals surface area contributed by atoms with Gasteiger partial charge in [0, 0.05) is 11.5 Å². The van der Waals surface area contributed by atoms with Gasteiger partial charge in [-0.25, -0.2) is 0 Å². The van der Waals surface area contributed by atoms with E-state index in [2.05, 4.69) is 13.8 Å². The van der Waals surface area contributed by atoms with Gasteiger partial charge in [-0.15, -0.1) is 0 Å². The van der Waals surface area contributed by atoms with Gasteiger partial charge in [0.15, 0.2) is 0 Å². The molecule has 0 spiro atoms. The maximum Gasteiger partial charge on any atom is 0.149 e. The fourth-order valence-electron chi connectivity index (χ4n) is 0.376. The Morgan fingerprint density at radius 3 is 1.80 bits per heavy atom. The van der Waals surface area contributed by atoms with Gasteiger partial charge in [0.1, 0.15) is 6.55 Å². The van der Waals surface area contributed by atoms with Gasteiger partial charge in [0.2, 0.25) is 0 Å². The molecule has 0 aromatic heterocycles. The quantitative estimate of drug-likeness (QED) is 0.660. The highest BCUT2D eigenvalue weighted by molar-refractivity contribution is 8.86. The summed E-state index contributed by atoms with van der Waals surface area (Å²) >= 11 is 3.40. The smallest absolute Gasteiger partial charge is 0.149 e. The summed E-state index contributed by atoms with van der Waals surface area (Å²) in [5.41, 5.74) is 0. The van der Waals surface area contributed by atoms with Crippen molar-refractivity contribution in [1.82, 2.24) is 0 Å². The fourth-order valence-corrected chi connectivity index (χ4v) is 5.40. The van der Waals surface area contributed by atoms with Crippen LogP contribution in [0.1, 0.15) is 26.7 Å². The Labute approximate surface area is 72.7 Å². The number of hydrogen-bond acceptors (Lipinski definition) is 3. The van der Waals surface area contributed by atoms with Gasteiger partial charge < -0.3 is 4.89 Å². The second kappa shape index (κ2) is 8.19. The zero-order chi connectivity index (χ0) is 7.82. The summed E-state index contributed by atoms with van der Waals surface area (Å²) in [7, 11) is 0. The van der Waals surface area contributed by atoms with Crippen LogP contribution in [-0.2, 0) is 0 Å². The maximum atomic E-state index is 9.30. The molecule has 0 radical (unpaired) electrons. The zero-order valence-corrected chi connectivity index (χ0v) is 9.07. The monoisotopic (exact) mass is 198 g/mol. The molecule has 0 aliphatic carbocycles. The molecular formula is C6H15OPS2. The molecule has 0 saturated carbocycles. The van der Waals surface area contributed by atoms with Crippen molar-refractivity contribution in [2.45, 2.75) is 26.7 Å². The summed E-state index contributed by atoms with van der Waals surface area (Å²) in [6.07, 6.45) is 2.33. The second-order valence-electron chi connectivity index (χ2n) is 1.90. The molecule has 0 aromatic carbocycles. The van der Waals surface area contributed by atoms with Gasteiger partial charge in [-0.05, 0) is 12.8 Å². The van der Waals surface area contributed by atoms with Crippen LogP contribution < -0.4 is 0 Å². The van der Waals surface area contributed by atoms with Crippen LogP contribution in [0.4, 0.5) is 0 Å². The van der Waals surface area contributed by atoms with Crippen LogP contribution in [0.15, 0.2) is 0 Å². The SMILES string of the molecule is CCCSP(O)SCCC. The first kappa shape index (κ1) is 11.1. The molecule has 0 unspecified atom stereocenters. The average molecular weight is 198 g/mol. The highest BCUT2D eigenvalue weighted by Crippen LogP contribution is 2.57. The third-order valence-electron chi connectivity index (χ3n) is 0.812. The lowest BCUT2D eigenvalue weighted by Gasteiger charge is -2.05. The van der Waals surface area contributed by atoms with Crippen molar-refractivity contribution in [2.75, 3.05) is 11.5 Å². The second-order valence-corrected chi connectivity index (χ2v) is 8.03. The van der Waals surface area contributed by atoms with E-state index in [1.807, 2.05) is 0 Å². The summed E-state index contributed by atoms with van der Waals surface area (Å²) in [5.74, 6) is 2.19. The molecule has 0 aliphatic heterocycles. The van der Waals surface area contributed by atoms with Crippen molar-refractivity contribution in [3.05, 3.63) is 0 Å². The van der Waals surface area contributed by atoms with Crippen LogP contribution in [0.3, 0.4) is 0 Å². The molecule has 0 aromatic rings. The first-order chi connectivity index (χ1) is 4.81. The first-order valence-electron chi connectivity index (χ1n) is 3.56. The Bertz CT molecular complexity index is 64.8. The van der Waals surface area contributed by atoms with Gasteiger partial charge in [-0.3, -0.25) is 0 Å². The van der Waals surface area contributed by atoms with Crippen LogP contribution in [0, 0.1) is 0 Å². The highest BCUT2D eigenvalue weighted by Gasteiger charge is 2.02. The molecule has 0 bridgehead atoms. The number of hydrogen-bond donors (Lipinski definition) is 1. The normalized spacial score (nSPS) is 10.8. The van der Waals surface area contributed by atoms with Crippen LogP contribution in [0.2, 0.25) is 0 Å². The lowest BCUT2D eigenvalue weighted by atomic mass is 10.6. The van der Waals surface area contributed by atoms with E-state index in [1.165, 1.54) is 0 Å². The van der Waals surface area contributed by atoms with Crippen molar-refractivity contribution in [3.63, 3.8) is 0 Å². The minimum atomic E-state index is -0.759. The van der Waals surface area contributed by atoms with Gasteiger partial charge >= 0.3 is 0 Å². The third-order valence-corrected chi connectivity index (χ3v) is 6.75. The molecule has 62 valence electrons. The zero-order valence-electron chi connectivity index (χ0n) is 6.54. The van der Waals surface area contributed by atoms with Crippen molar-refractivity contribution < 1.29 is 4.89 Å². The Hall–Kier alpha value is 1.09. The van der Waals surface area contributed by atoms with E-state index in [1.54, 1.807) is 22.8 Å². The first-order valence-corrected chi connectivity index (χ1v) is 8.03. The van der Waals surface area contributed by atoms with E-state index in [9.17, 15) is 4.89 Å². The molecule has 0 aliphatic rings. The molecule has 10 heavy (non-hydrogen) atoms. The van der Waals surface area contributed by atoms with Crippen LogP contribution >= 0.6 is 29.3 Å². The summed E-state index contributed by atoms with van der Waals surface area (Å²) < 4.78 is 0. The van der Waals surface area contributed by atoms with E-state index in [0.29, 0.717) is 0 Å². The third kappa shape index (κ3) is 7.20. The lowest BCUT2D eigenvalue weighted by molar-refractivity contribution is 0.656. The van der Waals surface area contributed by atoms with Gasteiger partial charge in [-0.2, -0.15) is 0 Å². The summed E-state index contributed by atoms with van der Waals surface area (Å²) in [4.78, 5) is 9.30. The Kier molecular flexibility index (Phi) is 9.08. The van der Waals surface area contributed by atoms with Gasteiger partial charge in [0.05, 0.1) is 0 Å². The van der Waals surface area contributed by atoms with Crippen molar-refractivity contribution >= 4 is 29.3 Å². The topological polar surface area (TPSA) is 20.2 Å². The summed E-state index contributed by atoms with van der Waals surface area (Å²) in [6, 6.07) is 0. The van der Waals surface area contributed by atoms with Gasteiger partial charge in [-0.1, -0.05) is 36.6 Å². The predicted molar refractivity (Wildman–Crippen MR) is 54.6 cm³/mol. The molecule has 4 heteroatoms. The fraction of sp³-hybridized carbons (Fsp3) is 1.00. The molecule has 0 rings (SSSR count). The van der Waals surface area contributed by atoms with E-state index in [-0.39, 0.29) is 0 Å². The molecular weight excluding hydrogens is 183 g/mol. The molecule has 0 atom stereocenters. The van der Waals surface area contributed by atoms with E-state index < -0.39 is 6.55 Å². The summed E-state index contributed by atoms with van der Waals surface area (Å²) in [6.45, 7) is 3.52. The average Bonchev–Trinajstić information content (AvgIpc) is 1.97. The maximum absolute atomic E-state index is 9.30. The molecule has 1 N–H and O–H groups in total. The summed E-state index contributed by atoms with van der Waals surface area (Å²) in [5, 5.41) is 0. The molecule has 0 amide bonds. The Morgan fingerprint density at radius 1 is 1.10 bits per heavy atom. The minimum absolute atomic E-state index is 0.759. The van der Waals surface area contributed by atoms with E-state index in [0.717, 1.165) is 24.3 Å². The van der Waals surface area contributed by atoms with Crippen molar-refractivity contribution in [1.29, 1.82) is 0 Å². The molecule has 0 saturated heterocycles. The molecule has 1 nitrogen and oxygen atoms in total. The molecule has 0 heterocycles. The number of rotatable bonds is 6. The van der Waals surface area contributed by atoms with Crippen LogP contribution in [0.5, 0.6) is 0 Å². The lowest BCUT2D eigenvalue weighted by Crippen LogP contribution is -1.72. The minimum Gasteiger partial charge on any atom is -0.355 e. The van der Waals surface area contributed by atoms with E-state index >= 15 is 0 Å². The standard InChI is InChI=1S/C6H15OPS2/c1-3-5-9-8(7)10-6-4-2/h7H,3-6H2,1-2H3. The Morgan fingerprint density at radius 2 is 1.50 bits per heavy atom. The van der Waals surface area contributed by atoms with Crippen molar-refractivity contribution in [3.8, 4) is 0 Å². The van der Waals surface area contributed by atoms with Gasteiger partial charge in [0.25, 0.3) is 0 Å². The largest absolute Gasteiger partial charge is 0.355 e. The Balaban J connectivity index is 3.00.